The van der Waals surface area contributed by atoms with Crippen LogP contribution in [0.2, 0.25) is 5.02 Å². The summed E-state index contributed by atoms with van der Waals surface area (Å²) in [4.78, 5) is 4.61. The molecule has 0 bridgehead atoms. The number of nitrogens with one attached hydrogen (secondary N) is 1. The smallest absolute Gasteiger partial charge is 0.108 e. The van der Waals surface area contributed by atoms with Crippen molar-refractivity contribution in [3.8, 4) is 0 Å². The Bertz CT molecular complexity index is 517. The summed E-state index contributed by atoms with van der Waals surface area (Å²) < 4.78 is 1.11. The second kappa shape index (κ2) is 4.92. The zero-order valence-electron chi connectivity index (χ0n) is 9.58. The Hall–Kier alpha value is -0.640. The van der Waals surface area contributed by atoms with E-state index >= 15 is 0 Å². The van der Waals surface area contributed by atoms with E-state index in [-0.39, 0.29) is 0 Å². The van der Waals surface area contributed by atoms with Gasteiger partial charge >= 0.3 is 0 Å². The van der Waals surface area contributed by atoms with E-state index in [1.807, 2.05) is 18.2 Å². The van der Waals surface area contributed by atoms with Gasteiger partial charge in [-0.1, -0.05) is 30.5 Å². The maximum absolute atomic E-state index is 6.15. The monoisotopic (exact) mass is 266 g/mol. The molecule has 1 aliphatic carbocycles. The van der Waals surface area contributed by atoms with Crippen molar-refractivity contribution in [3.05, 3.63) is 28.2 Å². The van der Waals surface area contributed by atoms with Gasteiger partial charge in [0.15, 0.2) is 0 Å². The number of aromatic nitrogens is 1. The average molecular weight is 267 g/mol. The third-order valence-corrected chi connectivity index (χ3v) is 4.84. The molecule has 0 unspecified atom stereocenters. The first-order valence-corrected chi connectivity index (χ1v) is 7.30. The highest BCUT2D eigenvalue weighted by Crippen LogP contribution is 2.29. The molecule has 0 saturated heterocycles. The van der Waals surface area contributed by atoms with E-state index < -0.39 is 0 Å². The minimum atomic E-state index is 0.692. The summed E-state index contributed by atoms with van der Waals surface area (Å²) in [5.74, 6) is 0. The molecule has 1 aliphatic rings. The van der Waals surface area contributed by atoms with Crippen molar-refractivity contribution >= 4 is 33.2 Å². The first kappa shape index (κ1) is 11.5. The molecule has 3 rings (SSSR count). The standard InChI is InChI=1S/C13H15ClN2S/c14-10-6-3-7-11-13(10)17-12(16-11)8-15-9-4-1-2-5-9/h3,6-7,9,15H,1-2,4-5,8H2. The van der Waals surface area contributed by atoms with Gasteiger partial charge in [-0.05, 0) is 25.0 Å². The molecular formula is C13H15ClN2S. The lowest BCUT2D eigenvalue weighted by Gasteiger charge is -2.09. The highest BCUT2D eigenvalue weighted by molar-refractivity contribution is 7.19. The Labute approximate surface area is 110 Å². The minimum Gasteiger partial charge on any atom is -0.308 e. The fourth-order valence-corrected chi connectivity index (χ4v) is 3.60. The van der Waals surface area contributed by atoms with Gasteiger partial charge < -0.3 is 5.32 Å². The van der Waals surface area contributed by atoms with Crippen LogP contribution in [0.3, 0.4) is 0 Å². The highest BCUT2D eigenvalue weighted by atomic mass is 35.5. The van der Waals surface area contributed by atoms with Crippen LogP contribution < -0.4 is 5.32 Å². The number of hydrogen-bond acceptors (Lipinski definition) is 3. The lowest BCUT2D eigenvalue weighted by Crippen LogP contribution is -2.25. The molecule has 0 amide bonds. The number of hydrogen-bond donors (Lipinski definition) is 1. The summed E-state index contributed by atoms with van der Waals surface area (Å²) in [7, 11) is 0. The fraction of sp³-hybridized carbons (Fsp3) is 0.462. The minimum absolute atomic E-state index is 0.692. The molecule has 1 aromatic carbocycles. The third-order valence-electron chi connectivity index (χ3n) is 3.31. The van der Waals surface area contributed by atoms with Gasteiger partial charge in [-0.25, -0.2) is 4.98 Å². The maximum atomic E-state index is 6.15. The normalized spacial score (nSPS) is 17.0. The molecule has 90 valence electrons. The predicted octanol–water partition coefficient (Wildman–Crippen LogP) is 3.98. The van der Waals surface area contributed by atoms with E-state index in [0.29, 0.717) is 6.04 Å². The van der Waals surface area contributed by atoms with Crippen molar-refractivity contribution in [3.63, 3.8) is 0 Å². The van der Waals surface area contributed by atoms with Crippen LogP contribution in [0.5, 0.6) is 0 Å². The second-order valence-electron chi connectivity index (χ2n) is 4.56. The van der Waals surface area contributed by atoms with Crippen molar-refractivity contribution in [2.45, 2.75) is 38.3 Å². The van der Waals surface area contributed by atoms with Gasteiger partial charge in [0.05, 0.1) is 15.2 Å². The lowest BCUT2D eigenvalue weighted by molar-refractivity contribution is 0.523. The van der Waals surface area contributed by atoms with Gasteiger partial charge in [0.1, 0.15) is 5.01 Å². The summed E-state index contributed by atoms with van der Waals surface area (Å²) in [6, 6.07) is 6.60. The molecular weight excluding hydrogens is 252 g/mol. The molecule has 1 heterocycles. The molecule has 0 atom stereocenters. The van der Waals surface area contributed by atoms with Gasteiger partial charge in [0, 0.05) is 12.6 Å². The maximum Gasteiger partial charge on any atom is 0.108 e. The van der Waals surface area contributed by atoms with Gasteiger partial charge in [-0.3, -0.25) is 0 Å². The number of halogens is 1. The van der Waals surface area contributed by atoms with Crippen molar-refractivity contribution in [2.75, 3.05) is 0 Å². The molecule has 1 N–H and O–H groups in total. The van der Waals surface area contributed by atoms with Gasteiger partial charge in [0.2, 0.25) is 0 Å². The van der Waals surface area contributed by atoms with Crippen LogP contribution in [0.15, 0.2) is 18.2 Å². The Balaban J connectivity index is 1.74. The summed E-state index contributed by atoms with van der Waals surface area (Å²) in [5.41, 5.74) is 1.02. The first-order valence-electron chi connectivity index (χ1n) is 6.10. The summed E-state index contributed by atoms with van der Waals surface area (Å²) in [6.07, 6.45) is 5.35. The van der Waals surface area contributed by atoms with Crippen LogP contribution in [0.25, 0.3) is 10.2 Å². The number of nitrogens with zero attached hydrogens (tertiary/aromatic N) is 1. The summed E-state index contributed by atoms with van der Waals surface area (Å²) >= 11 is 7.85. The zero-order chi connectivity index (χ0) is 11.7. The third kappa shape index (κ3) is 2.46. The number of rotatable bonds is 3. The molecule has 17 heavy (non-hydrogen) atoms. The van der Waals surface area contributed by atoms with Crippen LogP contribution in [0.4, 0.5) is 0 Å². The quantitative estimate of drug-likeness (QED) is 0.909. The van der Waals surface area contributed by atoms with Crippen molar-refractivity contribution in [2.24, 2.45) is 0 Å². The van der Waals surface area contributed by atoms with Gasteiger partial charge in [-0.15, -0.1) is 11.3 Å². The average Bonchev–Trinajstić information content (AvgIpc) is 2.95. The summed E-state index contributed by atoms with van der Waals surface area (Å²) in [6.45, 7) is 0.875. The van der Waals surface area contributed by atoms with E-state index in [1.165, 1.54) is 25.7 Å². The summed E-state index contributed by atoms with van der Waals surface area (Å²) in [5, 5.41) is 5.53. The molecule has 1 saturated carbocycles. The number of thiazole rings is 1. The van der Waals surface area contributed by atoms with Gasteiger partial charge in [-0.2, -0.15) is 0 Å². The molecule has 1 aromatic heterocycles. The number of benzene rings is 1. The van der Waals surface area contributed by atoms with Crippen molar-refractivity contribution in [1.29, 1.82) is 0 Å². The molecule has 4 heteroatoms. The Morgan fingerprint density at radius 1 is 1.35 bits per heavy atom. The lowest BCUT2D eigenvalue weighted by atomic mass is 10.2. The molecule has 0 aliphatic heterocycles. The zero-order valence-corrected chi connectivity index (χ0v) is 11.2. The molecule has 2 nitrogen and oxygen atoms in total. The van der Waals surface area contributed by atoms with Crippen LogP contribution in [0.1, 0.15) is 30.7 Å². The van der Waals surface area contributed by atoms with E-state index in [4.69, 9.17) is 11.6 Å². The highest BCUT2D eigenvalue weighted by Gasteiger charge is 2.15. The van der Waals surface area contributed by atoms with Crippen LogP contribution in [-0.4, -0.2) is 11.0 Å². The van der Waals surface area contributed by atoms with Crippen molar-refractivity contribution < 1.29 is 0 Å². The number of fused-ring (bicyclic) bond motifs is 1. The first-order chi connectivity index (χ1) is 8.33. The van der Waals surface area contributed by atoms with Crippen LogP contribution >= 0.6 is 22.9 Å². The van der Waals surface area contributed by atoms with Crippen LogP contribution in [-0.2, 0) is 6.54 Å². The van der Waals surface area contributed by atoms with E-state index in [9.17, 15) is 0 Å². The topological polar surface area (TPSA) is 24.9 Å². The van der Waals surface area contributed by atoms with E-state index in [0.717, 1.165) is 26.8 Å². The molecule has 1 fully saturated rings. The Kier molecular flexibility index (Phi) is 3.32. The Morgan fingerprint density at radius 3 is 2.94 bits per heavy atom. The Morgan fingerprint density at radius 2 is 2.18 bits per heavy atom. The largest absolute Gasteiger partial charge is 0.308 e. The molecule has 2 aromatic rings. The molecule has 0 spiro atoms. The van der Waals surface area contributed by atoms with E-state index in [1.54, 1.807) is 11.3 Å². The fourth-order valence-electron chi connectivity index (χ4n) is 2.40. The molecule has 0 radical (unpaired) electrons. The van der Waals surface area contributed by atoms with Gasteiger partial charge in [0.25, 0.3) is 0 Å². The van der Waals surface area contributed by atoms with Crippen LogP contribution in [0, 0.1) is 0 Å². The SMILES string of the molecule is Clc1cccc2nc(CNC3CCCC3)sc12. The van der Waals surface area contributed by atoms with E-state index in [2.05, 4.69) is 10.3 Å². The van der Waals surface area contributed by atoms with Crippen molar-refractivity contribution in [1.82, 2.24) is 10.3 Å². The predicted molar refractivity (Wildman–Crippen MR) is 73.7 cm³/mol. The second-order valence-corrected chi connectivity index (χ2v) is 6.05.